The second-order valence-electron chi connectivity index (χ2n) is 7.08. The zero-order chi connectivity index (χ0) is 19.5. The highest BCUT2D eigenvalue weighted by atomic mass is 16.5. The number of nitriles is 1. The van der Waals surface area contributed by atoms with Crippen LogP contribution in [-0.4, -0.2) is 28.3 Å². The Morgan fingerprint density at radius 3 is 2.71 bits per heavy atom. The molecule has 3 aromatic rings. The van der Waals surface area contributed by atoms with Crippen molar-refractivity contribution in [2.75, 3.05) is 13.7 Å². The Labute approximate surface area is 163 Å². The van der Waals surface area contributed by atoms with Gasteiger partial charge in [0.05, 0.1) is 31.0 Å². The molecule has 6 nitrogen and oxygen atoms in total. The number of H-pyrrole nitrogens is 1. The molecule has 2 heterocycles. The first-order valence-electron chi connectivity index (χ1n) is 9.31. The van der Waals surface area contributed by atoms with Gasteiger partial charge in [0, 0.05) is 25.2 Å². The maximum Gasteiger partial charge on any atom is 0.270 e. The van der Waals surface area contributed by atoms with E-state index in [-0.39, 0.29) is 5.56 Å². The van der Waals surface area contributed by atoms with E-state index in [4.69, 9.17) is 10.00 Å². The summed E-state index contributed by atoms with van der Waals surface area (Å²) in [6.45, 7) is 2.79. The van der Waals surface area contributed by atoms with Crippen molar-refractivity contribution in [3.05, 3.63) is 86.8 Å². The highest BCUT2D eigenvalue weighted by molar-refractivity contribution is 5.33. The summed E-state index contributed by atoms with van der Waals surface area (Å²) in [6.07, 6.45) is 0.730. The van der Waals surface area contributed by atoms with Crippen molar-refractivity contribution in [1.29, 1.82) is 5.26 Å². The van der Waals surface area contributed by atoms with Crippen LogP contribution in [0, 0.1) is 11.3 Å². The first kappa shape index (κ1) is 18.1. The number of nitrogens with zero attached hydrogens (tertiary/aromatic N) is 3. The van der Waals surface area contributed by atoms with Gasteiger partial charge in [0.2, 0.25) is 0 Å². The van der Waals surface area contributed by atoms with Gasteiger partial charge in [0.25, 0.3) is 5.56 Å². The Balaban J connectivity index is 1.51. The van der Waals surface area contributed by atoms with Gasteiger partial charge in [0.15, 0.2) is 0 Å². The fourth-order valence-electron chi connectivity index (χ4n) is 3.73. The Hall–Kier alpha value is -3.30. The number of aromatic amines is 1. The van der Waals surface area contributed by atoms with Crippen molar-refractivity contribution in [3.63, 3.8) is 0 Å². The molecular formula is C22H22N4O2. The lowest BCUT2D eigenvalue weighted by atomic mass is 10.1. The number of fused-ring (bicyclic) bond motifs is 1. The Kier molecular flexibility index (Phi) is 5.00. The minimum absolute atomic E-state index is 0.0592. The quantitative estimate of drug-likeness (QED) is 0.745. The lowest BCUT2D eigenvalue weighted by molar-refractivity contribution is 0.242. The molecule has 28 heavy (non-hydrogen) atoms. The van der Waals surface area contributed by atoms with Crippen molar-refractivity contribution >= 4 is 0 Å². The molecule has 0 radical (unpaired) electrons. The molecule has 6 heteroatoms. The van der Waals surface area contributed by atoms with Crippen LogP contribution in [0.5, 0.6) is 5.75 Å². The van der Waals surface area contributed by atoms with Crippen LogP contribution in [0.4, 0.5) is 0 Å². The Morgan fingerprint density at radius 2 is 1.93 bits per heavy atom. The molecule has 0 fully saturated rings. The summed E-state index contributed by atoms with van der Waals surface area (Å²) >= 11 is 0. The normalized spacial score (nSPS) is 13.7. The molecule has 0 aliphatic carbocycles. The summed E-state index contributed by atoms with van der Waals surface area (Å²) < 4.78 is 6.95. The molecule has 0 unspecified atom stereocenters. The fraction of sp³-hybridized carbons (Fsp3) is 0.273. The summed E-state index contributed by atoms with van der Waals surface area (Å²) in [7, 11) is 1.64. The minimum atomic E-state index is 0.0592. The van der Waals surface area contributed by atoms with E-state index in [2.05, 4.69) is 16.1 Å². The minimum Gasteiger partial charge on any atom is -0.497 e. The van der Waals surface area contributed by atoms with Crippen molar-refractivity contribution < 1.29 is 4.74 Å². The van der Waals surface area contributed by atoms with Crippen molar-refractivity contribution in [2.45, 2.75) is 26.1 Å². The third kappa shape index (κ3) is 3.71. The molecule has 142 valence electrons. The van der Waals surface area contributed by atoms with Gasteiger partial charge >= 0.3 is 0 Å². The van der Waals surface area contributed by atoms with E-state index in [1.54, 1.807) is 11.8 Å². The monoisotopic (exact) mass is 374 g/mol. The molecular weight excluding hydrogens is 352 g/mol. The zero-order valence-electron chi connectivity index (χ0n) is 15.8. The van der Waals surface area contributed by atoms with Gasteiger partial charge in [0.1, 0.15) is 5.75 Å². The predicted octanol–water partition coefficient (Wildman–Crippen LogP) is 2.66. The summed E-state index contributed by atoms with van der Waals surface area (Å²) in [4.78, 5) is 15.1. The number of ether oxygens (including phenoxy) is 1. The molecule has 1 aliphatic heterocycles. The molecule has 4 rings (SSSR count). The highest BCUT2D eigenvalue weighted by Crippen LogP contribution is 2.18. The molecule has 1 aliphatic rings. The number of aromatic nitrogens is 2. The SMILES string of the molecule is COc1cccc(Cn2[nH]c3c(c2=O)CCN(Cc2cccc(C#N)c2)C3)c1. The van der Waals surface area contributed by atoms with Crippen LogP contribution in [0.1, 0.15) is 27.9 Å². The smallest absolute Gasteiger partial charge is 0.270 e. The molecule has 0 spiro atoms. The van der Waals surface area contributed by atoms with Crippen LogP contribution < -0.4 is 10.3 Å². The molecule has 0 amide bonds. The fourth-order valence-corrected chi connectivity index (χ4v) is 3.73. The number of nitrogens with one attached hydrogen (secondary N) is 1. The second kappa shape index (κ2) is 7.75. The van der Waals surface area contributed by atoms with E-state index >= 15 is 0 Å². The molecule has 0 bridgehead atoms. The van der Waals surface area contributed by atoms with Crippen LogP contribution in [-0.2, 0) is 26.1 Å². The highest BCUT2D eigenvalue weighted by Gasteiger charge is 2.22. The average Bonchev–Trinajstić information content (AvgIpc) is 3.03. The molecule has 0 atom stereocenters. The zero-order valence-corrected chi connectivity index (χ0v) is 15.8. The van der Waals surface area contributed by atoms with Crippen molar-refractivity contribution in [2.24, 2.45) is 0 Å². The Bertz CT molecular complexity index is 1090. The van der Waals surface area contributed by atoms with Crippen LogP contribution in [0.25, 0.3) is 0 Å². The summed E-state index contributed by atoms with van der Waals surface area (Å²) in [5, 5.41) is 12.4. The van der Waals surface area contributed by atoms with Crippen molar-refractivity contribution in [1.82, 2.24) is 14.7 Å². The Morgan fingerprint density at radius 1 is 1.14 bits per heavy atom. The maximum atomic E-state index is 12.8. The van der Waals surface area contributed by atoms with Crippen molar-refractivity contribution in [3.8, 4) is 11.8 Å². The summed E-state index contributed by atoms with van der Waals surface area (Å²) in [5.74, 6) is 0.785. The first-order chi connectivity index (χ1) is 13.7. The maximum absolute atomic E-state index is 12.8. The standard InChI is InChI=1S/C22H22N4O2/c1-28-19-7-3-6-18(11-19)14-26-22(27)20-8-9-25(15-21(20)24-26)13-17-5-2-4-16(10-17)12-23/h2-7,10-11,24H,8-9,13-15H2,1H3. The number of rotatable bonds is 5. The van der Waals surface area contributed by atoms with Gasteiger partial charge in [-0.25, -0.2) is 4.68 Å². The van der Waals surface area contributed by atoms with E-state index in [0.29, 0.717) is 18.7 Å². The van der Waals surface area contributed by atoms with Gasteiger partial charge in [-0.2, -0.15) is 5.26 Å². The van der Waals surface area contributed by atoms with E-state index in [9.17, 15) is 4.79 Å². The van der Waals surface area contributed by atoms with Gasteiger partial charge in [-0.05, 0) is 41.8 Å². The van der Waals surface area contributed by atoms with Gasteiger partial charge < -0.3 is 4.74 Å². The lowest BCUT2D eigenvalue weighted by Gasteiger charge is -2.26. The van der Waals surface area contributed by atoms with E-state index in [1.807, 2.05) is 48.5 Å². The van der Waals surface area contributed by atoms with Crippen LogP contribution >= 0.6 is 0 Å². The largest absolute Gasteiger partial charge is 0.497 e. The van der Waals surface area contributed by atoms with Gasteiger partial charge in [-0.3, -0.25) is 14.8 Å². The van der Waals surface area contributed by atoms with E-state index in [1.165, 1.54) is 0 Å². The first-order valence-corrected chi connectivity index (χ1v) is 9.31. The molecule has 1 N–H and O–H groups in total. The van der Waals surface area contributed by atoms with Gasteiger partial charge in [-0.1, -0.05) is 24.3 Å². The molecule has 0 saturated heterocycles. The lowest BCUT2D eigenvalue weighted by Crippen LogP contribution is -2.31. The third-order valence-corrected chi connectivity index (χ3v) is 5.13. The average molecular weight is 374 g/mol. The number of hydrogen-bond acceptors (Lipinski definition) is 4. The third-order valence-electron chi connectivity index (χ3n) is 5.13. The topological polar surface area (TPSA) is 74.0 Å². The van der Waals surface area contributed by atoms with Crippen LogP contribution in [0.2, 0.25) is 0 Å². The van der Waals surface area contributed by atoms with Crippen LogP contribution in [0.3, 0.4) is 0 Å². The van der Waals surface area contributed by atoms with Gasteiger partial charge in [-0.15, -0.1) is 0 Å². The summed E-state index contributed by atoms with van der Waals surface area (Å²) in [5.41, 5.74) is 4.73. The van der Waals surface area contributed by atoms with E-state index in [0.717, 1.165) is 47.6 Å². The molecule has 0 saturated carbocycles. The summed E-state index contributed by atoms with van der Waals surface area (Å²) in [6, 6.07) is 17.6. The molecule has 2 aromatic carbocycles. The number of methoxy groups -OCH3 is 1. The van der Waals surface area contributed by atoms with Crippen LogP contribution in [0.15, 0.2) is 53.3 Å². The second-order valence-corrected chi connectivity index (χ2v) is 7.08. The molecule has 1 aromatic heterocycles. The number of benzene rings is 2. The van der Waals surface area contributed by atoms with E-state index < -0.39 is 0 Å². The predicted molar refractivity (Wildman–Crippen MR) is 106 cm³/mol. The number of hydrogen-bond donors (Lipinski definition) is 1.